The number of hydrogen-bond acceptors (Lipinski definition) is 1. The van der Waals surface area contributed by atoms with Gasteiger partial charge in [-0.15, -0.1) is 0 Å². The van der Waals surface area contributed by atoms with Crippen LogP contribution in [0.15, 0.2) is 39.3 Å². The SMILES string of the molecule is Cc1cc(Br)c(C(=O)c2ccc(Cl)cc2Cl)cc1Br. The van der Waals surface area contributed by atoms with Crippen LogP contribution in [0.3, 0.4) is 0 Å². The summed E-state index contributed by atoms with van der Waals surface area (Å²) in [5.74, 6) is -0.144. The number of halogens is 4. The Bertz CT molecular complexity index is 669. The predicted molar refractivity (Wildman–Crippen MR) is 86.5 cm³/mol. The van der Waals surface area contributed by atoms with Crippen LogP contribution in [0.5, 0.6) is 0 Å². The Balaban J connectivity index is 2.53. The fourth-order valence-electron chi connectivity index (χ4n) is 1.64. The maximum atomic E-state index is 12.5. The fourth-order valence-corrected chi connectivity index (χ4v) is 3.11. The molecule has 0 saturated carbocycles. The highest BCUT2D eigenvalue weighted by Crippen LogP contribution is 2.30. The van der Waals surface area contributed by atoms with Gasteiger partial charge in [0.25, 0.3) is 0 Å². The van der Waals surface area contributed by atoms with Gasteiger partial charge in [0.1, 0.15) is 0 Å². The molecule has 0 bridgehead atoms. The fraction of sp³-hybridized carbons (Fsp3) is 0.0714. The summed E-state index contributed by atoms with van der Waals surface area (Å²) in [6.07, 6.45) is 0. The van der Waals surface area contributed by atoms with Gasteiger partial charge in [-0.1, -0.05) is 55.1 Å². The van der Waals surface area contributed by atoms with Crippen molar-refractivity contribution in [3.05, 3.63) is 66.0 Å². The van der Waals surface area contributed by atoms with Crippen LogP contribution in [0.2, 0.25) is 10.0 Å². The van der Waals surface area contributed by atoms with Gasteiger partial charge in [-0.2, -0.15) is 0 Å². The van der Waals surface area contributed by atoms with E-state index in [2.05, 4.69) is 31.9 Å². The second-order valence-corrected chi connectivity index (χ2v) is 6.59. The van der Waals surface area contributed by atoms with E-state index in [1.54, 1.807) is 24.3 Å². The summed E-state index contributed by atoms with van der Waals surface area (Å²) in [4.78, 5) is 12.5. The minimum absolute atomic E-state index is 0.144. The Morgan fingerprint density at radius 3 is 2.32 bits per heavy atom. The van der Waals surface area contributed by atoms with Gasteiger partial charge in [-0.3, -0.25) is 4.79 Å². The molecule has 0 unspecified atom stereocenters. The van der Waals surface area contributed by atoms with Crippen molar-refractivity contribution >= 4 is 60.8 Å². The number of benzene rings is 2. The summed E-state index contributed by atoms with van der Waals surface area (Å²) in [7, 11) is 0. The Hall–Kier alpha value is -0.350. The van der Waals surface area contributed by atoms with Crippen LogP contribution in [-0.2, 0) is 0 Å². The van der Waals surface area contributed by atoms with Crippen molar-refractivity contribution in [3.8, 4) is 0 Å². The Morgan fingerprint density at radius 1 is 1.00 bits per heavy atom. The van der Waals surface area contributed by atoms with Gasteiger partial charge in [0, 0.05) is 25.1 Å². The molecule has 0 radical (unpaired) electrons. The second-order valence-electron chi connectivity index (χ2n) is 4.03. The molecule has 2 aromatic carbocycles. The average Bonchev–Trinajstić information content (AvgIpc) is 2.33. The normalized spacial score (nSPS) is 10.6. The first-order valence-corrected chi connectivity index (χ1v) is 7.69. The van der Waals surface area contributed by atoms with Crippen LogP contribution in [0.4, 0.5) is 0 Å². The van der Waals surface area contributed by atoms with Crippen LogP contribution >= 0.6 is 55.1 Å². The third kappa shape index (κ3) is 3.22. The number of carbonyl (C=O) groups is 1. The minimum Gasteiger partial charge on any atom is -0.289 e. The first-order chi connectivity index (χ1) is 8.90. The molecule has 0 aliphatic rings. The van der Waals surface area contributed by atoms with Gasteiger partial charge in [-0.25, -0.2) is 0 Å². The number of rotatable bonds is 2. The van der Waals surface area contributed by atoms with Crippen molar-refractivity contribution in [2.24, 2.45) is 0 Å². The van der Waals surface area contributed by atoms with Gasteiger partial charge < -0.3 is 0 Å². The number of carbonyl (C=O) groups excluding carboxylic acids is 1. The molecule has 0 spiro atoms. The number of aryl methyl sites for hydroxylation is 1. The van der Waals surface area contributed by atoms with Crippen LogP contribution in [-0.4, -0.2) is 5.78 Å². The Kier molecular flexibility index (Phi) is 4.72. The number of ketones is 1. The van der Waals surface area contributed by atoms with Crippen molar-refractivity contribution < 1.29 is 4.79 Å². The van der Waals surface area contributed by atoms with E-state index in [1.807, 2.05) is 13.0 Å². The third-order valence-corrected chi connectivity index (χ3v) is 4.73. The first kappa shape index (κ1) is 15.0. The largest absolute Gasteiger partial charge is 0.289 e. The first-order valence-electron chi connectivity index (χ1n) is 5.35. The molecule has 2 rings (SSSR count). The van der Waals surface area contributed by atoms with Gasteiger partial charge in [0.05, 0.1) is 5.02 Å². The van der Waals surface area contributed by atoms with E-state index in [9.17, 15) is 4.79 Å². The molecule has 19 heavy (non-hydrogen) atoms. The van der Waals surface area contributed by atoms with Gasteiger partial charge >= 0.3 is 0 Å². The lowest BCUT2D eigenvalue weighted by Crippen LogP contribution is -2.04. The summed E-state index contributed by atoms with van der Waals surface area (Å²) in [6.45, 7) is 1.96. The molecule has 0 amide bonds. The average molecular weight is 423 g/mol. The van der Waals surface area contributed by atoms with Crippen LogP contribution in [0.25, 0.3) is 0 Å². The highest BCUT2D eigenvalue weighted by atomic mass is 79.9. The van der Waals surface area contributed by atoms with E-state index < -0.39 is 0 Å². The third-order valence-electron chi connectivity index (χ3n) is 2.67. The van der Waals surface area contributed by atoms with Crippen molar-refractivity contribution in [2.45, 2.75) is 6.92 Å². The lowest BCUT2D eigenvalue weighted by Gasteiger charge is -2.08. The van der Waals surface area contributed by atoms with Crippen molar-refractivity contribution in [1.29, 1.82) is 0 Å². The molecule has 0 fully saturated rings. The zero-order valence-corrected chi connectivity index (χ0v) is 14.5. The summed E-state index contributed by atoms with van der Waals surface area (Å²) >= 11 is 18.7. The second kappa shape index (κ2) is 5.96. The zero-order valence-electron chi connectivity index (χ0n) is 9.81. The highest BCUT2D eigenvalue weighted by molar-refractivity contribution is 9.11. The van der Waals surface area contributed by atoms with Crippen molar-refractivity contribution in [3.63, 3.8) is 0 Å². The molecule has 5 heteroatoms. The molecule has 0 aromatic heterocycles. The molecule has 0 saturated heterocycles. The smallest absolute Gasteiger partial charge is 0.195 e. The topological polar surface area (TPSA) is 17.1 Å². The lowest BCUT2D eigenvalue weighted by molar-refractivity contribution is 0.103. The minimum atomic E-state index is -0.144. The zero-order chi connectivity index (χ0) is 14.2. The Morgan fingerprint density at radius 2 is 1.68 bits per heavy atom. The quantitative estimate of drug-likeness (QED) is 0.538. The highest BCUT2D eigenvalue weighted by Gasteiger charge is 2.17. The monoisotopic (exact) mass is 420 g/mol. The predicted octanol–water partition coefficient (Wildman–Crippen LogP) is 6.06. The molecular weight excluding hydrogens is 415 g/mol. The van der Waals surface area contributed by atoms with E-state index in [4.69, 9.17) is 23.2 Å². The van der Waals surface area contributed by atoms with Crippen LogP contribution < -0.4 is 0 Å². The lowest BCUT2D eigenvalue weighted by atomic mass is 10.0. The molecular formula is C14H8Br2Cl2O. The number of hydrogen-bond donors (Lipinski definition) is 0. The van der Waals surface area contributed by atoms with Crippen molar-refractivity contribution in [2.75, 3.05) is 0 Å². The molecule has 0 heterocycles. The molecule has 2 aromatic rings. The van der Waals surface area contributed by atoms with E-state index in [0.29, 0.717) is 21.2 Å². The molecule has 0 N–H and O–H groups in total. The van der Waals surface area contributed by atoms with Gasteiger partial charge in [0.2, 0.25) is 0 Å². The summed E-state index contributed by atoms with van der Waals surface area (Å²) in [5.41, 5.74) is 2.04. The molecule has 1 nitrogen and oxygen atoms in total. The standard InChI is InChI=1S/C14H8Br2Cl2O/c1-7-4-12(16)10(6-11(7)15)14(19)9-3-2-8(17)5-13(9)18/h2-6H,1H3. The van der Waals surface area contributed by atoms with E-state index in [0.717, 1.165) is 14.5 Å². The summed E-state index contributed by atoms with van der Waals surface area (Å²) < 4.78 is 1.62. The van der Waals surface area contributed by atoms with Gasteiger partial charge in [-0.05, 0) is 42.8 Å². The molecule has 98 valence electrons. The molecule has 0 atom stereocenters. The van der Waals surface area contributed by atoms with Crippen molar-refractivity contribution in [1.82, 2.24) is 0 Å². The maximum absolute atomic E-state index is 12.5. The van der Waals surface area contributed by atoms with Gasteiger partial charge in [0.15, 0.2) is 5.78 Å². The van der Waals surface area contributed by atoms with Crippen LogP contribution in [0, 0.1) is 6.92 Å². The van der Waals surface area contributed by atoms with E-state index in [1.165, 1.54) is 0 Å². The maximum Gasteiger partial charge on any atom is 0.195 e. The van der Waals surface area contributed by atoms with E-state index >= 15 is 0 Å². The van der Waals surface area contributed by atoms with Crippen LogP contribution in [0.1, 0.15) is 21.5 Å². The summed E-state index contributed by atoms with van der Waals surface area (Å²) in [5, 5.41) is 0.854. The Labute approximate surface area is 138 Å². The van der Waals surface area contributed by atoms with E-state index in [-0.39, 0.29) is 5.78 Å². The molecule has 0 aliphatic heterocycles. The summed E-state index contributed by atoms with van der Waals surface area (Å²) in [6, 6.07) is 8.52. The molecule has 0 aliphatic carbocycles.